The number of esters is 1. The van der Waals surface area contributed by atoms with Crippen molar-refractivity contribution < 1.29 is 33.6 Å². The standard InChI is InChI=1S/C19H34N2O6S2/c1-6-8-10-21(15(3)22)17(7-2)18(24)20(5)19(25)27-11-9-13-28-29-14-12-26-16(4)23/h17H,6-14H2,1-5H3/p+1. The molecule has 2 atom stereocenters. The van der Waals surface area contributed by atoms with Crippen LogP contribution >= 0.6 is 21.6 Å². The SMILES string of the molecule is CCCCN(C(C)=O)C(CC)C(=O)[NH+](C)C(=O)OCCCSSCCOC(C)=O. The van der Waals surface area contributed by atoms with Gasteiger partial charge in [0.25, 0.3) is 0 Å². The van der Waals surface area contributed by atoms with E-state index in [1.165, 1.54) is 20.9 Å². The van der Waals surface area contributed by atoms with Crippen LogP contribution in [0.4, 0.5) is 4.79 Å². The number of amides is 3. The first-order valence-electron chi connectivity index (χ1n) is 9.96. The third-order valence-corrected chi connectivity index (χ3v) is 6.51. The number of imide groups is 1. The van der Waals surface area contributed by atoms with Crippen LogP contribution in [0.25, 0.3) is 0 Å². The number of hydrogen-bond acceptors (Lipinski definition) is 8. The van der Waals surface area contributed by atoms with E-state index in [1.807, 2.05) is 13.8 Å². The first-order chi connectivity index (χ1) is 13.8. The highest BCUT2D eigenvalue weighted by molar-refractivity contribution is 8.76. The Morgan fingerprint density at radius 1 is 0.966 bits per heavy atom. The second-order valence-electron chi connectivity index (χ2n) is 6.45. The maximum Gasteiger partial charge on any atom is 0.521 e. The molecule has 0 bridgehead atoms. The second-order valence-corrected chi connectivity index (χ2v) is 9.15. The highest BCUT2D eigenvalue weighted by Crippen LogP contribution is 2.21. The van der Waals surface area contributed by atoms with Gasteiger partial charge in [0.05, 0.1) is 13.7 Å². The monoisotopic (exact) mass is 451 g/mol. The van der Waals surface area contributed by atoms with Gasteiger partial charge in [0.2, 0.25) is 5.91 Å². The Morgan fingerprint density at radius 2 is 1.62 bits per heavy atom. The van der Waals surface area contributed by atoms with E-state index >= 15 is 0 Å². The summed E-state index contributed by atoms with van der Waals surface area (Å²) >= 11 is 0. The minimum atomic E-state index is -0.629. The summed E-state index contributed by atoms with van der Waals surface area (Å²) in [6.45, 7) is 7.79. The fraction of sp³-hybridized carbons (Fsp3) is 0.789. The van der Waals surface area contributed by atoms with E-state index in [0.29, 0.717) is 31.7 Å². The summed E-state index contributed by atoms with van der Waals surface area (Å²) in [5, 5.41) is 0. The number of alkyl carbamates (subject to hydrolysis) is 2. The minimum Gasteiger partial charge on any atom is -0.465 e. The highest BCUT2D eigenvalue weighted by Gasteiger charge is 2.36. The Balaban J connectivity index is 4.29. The molecule has 3 amide bonds. The van der Waals surface area contributed by atoms with Crippen LogP contribution in [0.5, 0.6) is 0 Å². The van der Waals surface area contributed by atoms with Crippen LogP contribution in [0, 0.1) is 0 Å². The van der Waals surface area contributed by atoms with E-state index in [4.69, 9.17) is 9.47 Å². The summed E-state index contributed by atoms with van der Waals surface area (Å²) < 4.78 is 10.0. The van der Waals surface area contributed by atoms with Gasteiger partial charge in [-0.25, -0.2) is 4.79 Å². The van der Waals surface area contributed by atoms with Crippen molar-refractivity contribution in [2.24, 2.45) is 0 Å². The zero-order valence-electron chi connectivity index (χ0n) is 18.2. The number of nitrogens with zero attached hydrogens (tertiary/aromatic N) is 1. The lowest BCUT2D eigenvalue weighted by Gasteiger charge is -2.28. The molecule has 0 aliphatic heterocycles. The molecule has 0 heterocycles. The number of carbonyl (C=O) groups excluding carboxylic acids is 4. The van der Waals surface area contributed by atoms with Crippen LogP contribution in [-0.2, 0) is 23.9 Å². The maximum atomic E-state index is 12.7. The van der Waals surface area contributed by atoms with Gasteiger partial charge in [0, 0.05) is 31.9 Å². The Labute approximate surface area is 181 Å². The molecule has 2 unspecified atom stereocenters. The molecule has 0 rings (SSSR count). The predicted molar refractivity (Wildman–Crippen MR) is 116 cm³/mol. The van der Waals surface area contributed by atoms with E-state index in [9.17, 15) is 19.2 Å². The molecule has 0 saturated carbocycles. The van der Waals surface area contributed by atoms with E-state index < -0.39 is 12.1 Å². The number of quaternary nitrogens is 1. The summed E-state index contributed by atoms with van der Waals surface area (Å²) in [7, 11) is 4.66. The lowest BCUT2D eigenvalue weighted by Crippen LogP contribution is -3.16. The molecule has 10 heteroatoms. The number of hydrogen-bond donors (Lipinski definition) is 1. The normalized spacial score (nSPS) is 12.7. The van der Waals surface area contributed by atoms with Crippen molar-refractivity contribution in [1.82, 2.24) is 4.90 Å². The second kappa shape index (κ2) is 16.5. The highest BCUT2D eigenvalue weighted by atomic mass is 33.1. The number of carbonyl (C=O) groups is 4. The van der Waals surface area contributed by atoms with E-state index in [1.54, 1.807) is 26.5 Å². The van der Waals surface area contributed by atoms with E-state index in [-0.39, 0.29) is 29.3 Å². The van der Waals surface area contributed by atoms with E-state index in [2.05, 4.69) is 0 Å². The Kier molecular flexibility index (Phi) is 15.8. The Bertz CT molecular complexity index is 533. The Morgan fingerprint density at radius 3 is 2.17 bits per heavy atom. The largest absolute Gasteiger partial charge is 0.521 e. The smallest absolute Gasteiger partial charge is 0.465 e. The molecule has 1 N–H and O–H groups in total. The van der Waals surface area contributed by atoms with Gasteiger partial charge in [0.1, 0.15) is 12.6 Å². The molecule has 0 saturated heterocycles. The fourth-order valence-electron chi connectivity index (χ4n) is 2.49. The molecule has 8 nitrogen and oxygen atoms in total. The molecule has 0 aromatic carbocycles. The Hall–Kier alpha value is -1.26. The average Bonchev–Trinajstić information content (AvgIpc) is 2.68. The maximum absolute atomic E-state index is 12.7. The van der Waals surface area contributed by atoms with E-state index in [0.717, 1.165) is 18.6 Å². The third-order valence-electron chi connectivity index (χ3n) is 4.06. The summed E-state index contributed by atoms with van der Waals surface area (Å²) in [4.78, 5) is 49.1. The zero-order valence-corrected chi connectivity index (χ0v) is 19.8. The number of ether oxygens (including phenoxy) is 2. The van der Waals surface area contributed by atoms with Gasteiger partial charge < -0.3 is 14.4 Å². The van der Waals surface area contributed by atoms with Crippen molar-refractivity contribution in [2.45, 2.75) is 59.4 Å². The van der Waals surface area contributed by atoms with Crippen LogP contribution in [-0.4, -0.2) is 73.1 Å². The van der Waals surface area contributed by atoms with Gasteiger partial charge in [-0.2, -0.15) is 9.69 Å². The van der Waals surface area contributed by atoms with Crippen LogP contribution in [0.15, 0.2) is 0 Å². The zero-order chi connectivity index (χ0) is 22.2. The van der Waals surface area contributed by atoms with Crippen molar-refractivity contribution in [3.63, 3.8) is 0 Å². The molecule has 0 aliphatic carbocycles. The molecule has 29 heavy (non-hydrogen) atoms. The van der Waals surface area contributed by atoms with Crippen LogP contribution in [0.1, 0.15) is 53.4 Å². The summed E-state index contributed by atoms with van der Waals surface area (Å²) in [6, 6.07) is -0.629. The van der Waals surface area contributed by atoms with Crippen LogP contribution in [0.3, 0.4) is 0 Å². The predicted octanol–water partition coefficient (Wildman–Crippen LogP) is 1.93. The summed E-state index contributed by atoms with van der Waals surface area (Å²) in [5.74, 6) is 0.680. The van der Waals surface area contributed by atoms with Gasteiger partial charge in [0.15, 0.2) is 0 Å². The van der Waals surface area contributed by atoms with Crippen molar-refractivity contribution in [3.05, 3.63) is 0 Å². The molecule has 0 aliphatic rings. The lowest BCUT2D eigenvalue weighted by atomic mass is 10.1. The number of nitrogens with one attached hydrogen (secondary N) is 1. The number of unbranched alkanes of at least 4 members (excludes halogenated alkanes) is 1. The molecular formula is C19H35N2O6S2+. The van der Waals surface area contributed by atoms with Gasteiger partial charge >= 0.3 is 18.0 Å². The van der Waals surface area contributed by atoms with Crippen molar-refractivity contribution in [1.29, 1.82) is 0 Å². The lowest BCUT2D eigenvalue weighted by molar-refractivity contribution is -0.719. The van der Waals surface area contributed by atoms with Crippen LogP contribution in [0.2, 0.25) is 0 Å². The molecule has 0 radical (unpaired) electrons. The van der Waals surface area contributed by atoms with Gasteiger partial charge in [-0.05, 0) is 19.3 Å². The van der Waals surface area contributed by atoms with Crippen molar-refractivity contribution in [2.75, 3.05) is 38.3 Å². The van der Waals surface area contributed by atoms with Gasteiger partial charge in [-0.3, -0.25) is 9.59 Å². The summed E-state index contributed by atoms with van der Waals surface area (Å²) in [6.07, 6.45) is 2.21. The molecule has 0 fully saturated rings. The van der Waals surface area contributed by atoms with Gasteiger partial charge in [-0.1, -0.05) is 41.9 Å². The van der Waals surface area contributed by atoms with Crippen molar-refractivity contribution >= 4 is 45.5 Å². The van der Waals surface area contributed by atoms with Gasteiger partial charge in [-0.15, -0.1) is 0 Å². The quantitative estimate of drug-likeness (QED) is 0.243. The average molecular weight is 452 g/mol. The fourth-order valence-corrected chi connectivity index (χ4v) is 4.37. The minimum absolute atomic E-state index is 0.0306. The molecular weight excluding hydrogens is 416 g/mol. The van der Waals surface area contributed by atoms with Crippen LogP contribution < -0.4 is 4.90 Å². The number of rotatable bonds is 14. The van der Waals surface area contributed by atoms with Crippen molar-refractivity contribution in [3.8, 4) is 0 Å². The molecule has 0 spiro atoms. The molecule has 168 valence electrons. The third kappa shape index (κ3) is 12.1. The number of likely N-dealkylation sites (N-methyl/N-ethyl adjacent to an activating group) is 1. The molecule has 0 aromatic rings. The first-order valence-corrected chi connectivity index (χ1v) is 12.4. The summed E-state index contributed by atoms with van der Waals surface area (Å²) in [5.41, 5.74) is 0. The topological polar surface area (TPSA) is 94.4 Å². The first kappa shape index (κ1) is 27.7. The molecule has 0 aromatic heterocycles.